The smallest absolute Gasteiger partial charge is 0.306 e. The van der Waals surface area contributed by atoms with Crippen molar-refractivity contribution in [3.05, 3.63) is 0 Å². The van der Waals surface area contributed by atoms with E-state index in [0.717, 1.165) is 0 Å². The number of rotatable bonds is 4. The number of esters is 1. The summed E-state index contributed by atoms with van der Waals surface area (Å²) in [6.45, 7) is 0. The molecular formula is C9H15NO5S. The Bertz CT molecular complexity index is 375. The van der Waals surface area contributed by atoms with Crippen LogP contribution in [0.4, 0.5) is 0 Å². The van der Waals surface area contributed by atoms with E-state index in [1.807, 2.05) is 0 Å². The maximum Gasteiger partial charge on any atom is 0.306 e. The highest BCUT2D eigenvalue weighted by Gasteiger charge is 2.28. The van der Waals surface area contributed by atoms with Gasteiger partial charge in [-0.05, 0) is 6.42 Å². The highest BCUT2D eigenvalue weighted by Crippen LogP contribution is 2.11. The zero-order valence-electron chi connectivity index (χ0n) is 9.06. The van der Waals surface area contributed by atoms with Crippen molar-refractivity contribution in [1.29, 1.82) is 0 Å². The minimum atomic E-state index is -2.98. The number of hydrogen-bond donors (Lipinski definition) is 1. The molecule has 0 saturated carbocycles. The van der Waals surface area contributed by atoms with E-state index in [4.69, 9.17) is 0 Å². The van der Waals surface area contributed by atoms with E-state index < -0.39 is 15.8 Å². The van der Waals surface area contributed by atoms with E-state index in [9.17, 15) is 18.0 Å². The Hall–Kier alpha value is -1.11. The van der Waals surface area contributed by atoms with Gasteiger partial charge in [0.2, 0.25) is 5.91 Å². The number of ether oxygens (including phenoxy) is 1. The first kappa shape index (κ1) is 13.0. The van der Waals surface area contributed by atoms with Crippen LogP contribution in [-0.4, -0.2) is 45.0 Å². The summed E-state index contributed by atoms with van der Waals surface area (Å²) in [5.74, 6) is -0.645. The summed E-state index contributed by atoms with van der Waals surface area (Å²) in [6.07, 6.45) is 0.497. The second kappa shape index (κ2) is 5.29. The average molecular weight is 249 g/mol. The number of amides is 1. The van der Waals surface area contributed by atoms with Gasteiger partial charge in [-0.15, -0.1) is 0 Å². The Morgan fingerprint density at radius 3 is 2.56 bits per heavy atom. The molecule has 1 fully saturated rings. The fraction of sp³-hybridized carbons (Fsp3) is 0.778. The molecule has 0 aromatic rings. The maximum atomic E-state index is 11.3. The Balaban J connectivity index is 2.28. The minimum Gasteiger partial charge on any atom is -0.469 e. The number of sulfone groups is 1. The van der Waals surface area contributed by atoms with Crippen molar-refractivity contribution < 1.29 is 22.7 Å². The predicted octanol–water partition coefficient (Wildman–Crippen LogP) is -0.757. The van der Waals surface area contributed by atoms with Crippen molar-refractivity contribution in [2.24, 2.45) is 0 Å². The van der Waals surface area contributed by atoms with Gasteiger partial charge in [-0.1, -0.05) is 0 Å². The number of hydrogen-bond acceptors (Lipinski definition) is 5. The molecule has 16 heavy (non-hydrogen) atoms. The lowest BCUT2D eigenvalue weighted by molar-refractivity contribution is -0.142. The van der Waals surface area contributed by atoms with Crippen molar-refractivity contribution in [2.45, 2.75) is 25.3 Å². The van der Waals surface area contributed by atoms with Crippen molar-refractivity contribution in [3.8, 4) is 0 Å². The van der Waals surface area contributed by atoms with Gasteiger partial charge in [0, 0.05) is 12.5 Å². The van der Waals surface area contributed by atoms with Crippen LogP contribution in [-0.2, 0) is 24.2 Å². The molecule has 1 unspecified atom stereocenters. The molecule has 1 amide bonds. The van der Waals surface area contributed by atoms with Crippen molar-refractivity contribution in [2.75, 3.05) is 18.6 Å². The van der Waals surface area contributed by atoms with E-state index in [1.54, 1.807) is 0 Å². The second-order valence-electron chi connectivity index (χ2n) is 3.74. The van der Waals surface area contributed by atoms with Crippen LogP contribution in [0.1, 0.15) is 19.3 Å². The van der Waals surface area contributed by atoms with E-state index in [2.05, 4.69) is 10.1 Å². The Morgan fingerprint density at radius 1 is 1.38 bits per heavy atom. The standard InChI is InChI=1S/C9H15NO5S/c1-15-9(12)3-2-8(11)10-7-4-5-16(13,14)6-7/h7H,2-6H2,1H3,(H,10,11). The average Bonchev–Trinajstić information content (AvgIpc) is 2.54. The van der Waals surface area contributed by atoms with Gasteiger partial charge in [-0.2, -0.15) is 0 Å². The lowest BCUT2D eigenvalue weighted by Crippen LogP contribution is -2.35. The fourth-order valence-electron chi connectivity index (χ4n) is 1.53. The first-order valence-electron chi connectivity index (χ1n) is 4.99. The van der Waals surface area contributed by atoms with Gasteiger partial charge in [-0.3, -0.25) is 9.59 Å². The number of carbonyl (C=O) groups is 2. The molecule has 0 aromatic carbocycles. The molecule has 1 rings (SSSR count). The zero-order valence-corrected chi connectivity index (χ0v) is 9.88. The molecule has 0 aliphatic carbocycles. The molecule has 1 aliphatic rings. The molecule has 0 aromatic heterocycles. The van der Waals surface area contributed by atoms with Gasteiger partial charge in [0.05, 0.1) is 25.0 Å². The SMILES string of the molecule is COC(=O)CCC(=O)NC1CCS(=O)(=O)C1. The third-order valence-electron chi connectivity index (χ3n) is 2.38. The molecule has 92 valence electrons. The highest BCUT2D eigenvalue weighted by atomic mass is 32.2. The molecular weight excluding hydrogens is 234 g/mol. The van der Waals surface area contributed by atoms with Crippen LogP contribution >= 0.6 is 0 Å². The zero-order chi connectivity index (χ0) is 12.2. The molecule has 0 spiro atoms. The van der Waals surface area contributed by atoms with Gasteiger partial charge in [0.15, 0.2) is 9.84 Å². The molecule has 1 atom stereocenters. The molecule has 7 heteroatoms. The van der Waals surface area contributed by atoms with Crippen molar-refractivity contribution in [3.63, 3.8) is 0 Å². The summed E-state index contributed by atoms with van der Waals surface area (Å²) >= 11 is 0. The van der Waals surface area contributed by atoms with Gasteiger partial charge in [-0.25, -0.2) is 8.42 Å². The highest BCUT2D eigenvalue weighted by molar-refractivity contribution is 7.91. The van der Waals surface area contributed by atoms with Crippen LogP contribution in [0.2, 0.25) is 0 Å². The van der Waals surface area contributed by atoms with Crippen molar-refractivity contribution in [1.82, 2.24) is 5.32 Å². The van der Waals surface area contributed by atoms with E-state index >= 15 is 0 Å². The molecule has 6 nitrogen and oxygen atoms in total. The normalized spacial score (nSPS) is 22.7. The quantitative estimate of drug-likeness (QED) is 0.662. The lowest BCUT2D eigenvalue weighted by atomic mass is 10.2. The molecule has 1 aliphatic heterocycles. The van der Waals surface area contributed by atoms with Crippen LogP contribution < -0.4 is 5.32 Å². The van der Waals surface area contributed by atoms with Gasteiger partial charge in [0.25, 0.3) is 0 Å². The van der Waals surface area contributed by atoms with Gasteiger partial charge >= 0.3 is 5.97 Å². The molecule has 1 heterocycles. The van der Waals surface area contributed by atoms with Crippen LogP contribution in [0.3, 0.4) is 0 Å². The number of methoxy groups -OCH3 is 1. The fourth-order valence-corrected chi connectivity index (χ4v) is 3.20. The third-order valence-corrected chi connectivity index (χ3v) is 4.15. The lowest BCUT2D eigenvalue weighted by Gasteiger charge is -2.09. The summed E-state index contributed by atoms with van der Waals surface area (Å²) in [6, 6.07) is -0.310. The largest absolute Gasteiger partial charge is 0.469 e. The van der Waals surface area contributed by atoms with Crippen LogP contribution in [0.5, 0.6) is 0 Å². The molecule has 0 bridgehead atoms. The Labute approximate surface area is 94.3 Å². The van der Waals surface area contributed by atoms with E-state index in [0.29, 0.717) is 6.42 Å². The summed E-state index contributed by atoms with van der Waals surface area (Å²) in [7, 11) is -1.73. The van der Waals surface area contributed by atoms with Gasteiger partial charge in [0.1, 0.15) is 0 Å². The summed E-state index contributed by atoms with van der Waals surface area (Å²) in [5, 5.41) is 2.59. The molecule has 1 N–H and O–H groups in total. The number of nitrogens with one attached hydrogen (secondary N) is 1. The summed E-state index contributed by atoms with van der Waals surface area (Å²) in [5.41, 5.74) is 0. The second-order valence-corrected chi connectivity index (χ2v) is 5.97. The minimum absolute atomic E-state index is 0.00301. The Morgan fingerprint density at radius 2 is 2.06 bits per heavy atom. The first-order valence-corrected chi connectivity index (χ1v) is 6.81. The maximum absolute atomic E-state index is 11.3. The Kier molecular flexibility index (Phi) is 4.28. The van der Waals surface area contributed by atoms with Gasteiger partial charge < -0.3 is 10.1 Å². The molecule has 1 saturated heterocycles. The summed E-state index contributed by atoms with van der Waals surface area (Å²) in [4.78, 5) is 22.1. The van der Waals surface area contributed by atoms with Crippen LogP contribution in [0.15, 0.2) is 0 Å². The summed E-state index contributed by atoms with van der Waals surface area (Å²) < 4.78 is 26.6. The van der Waals surface area contributed by atoms with E-state index in [-0.39, 0.29) is 36.3 Å². The van der Waals surface area contributed by atoms with E-state index in [1.165, 1.54) is 7.11 Å². The van der Waals surface area contributed by atoms with Crippen LogP contribution in [0, 0.1) is 0 Å². The topological polar surface area (TPSA) is 89.5 Å². The monoisotopic (exact) mass is 249 g/mol. The number of carbonyl (C=O) groups excluding carboxylic acids is 2. The van der Waals surface area contributed by atoms with Crippen LogP contribution in [0.25, 0.3) is 0 Å². The molecule has 0 radical (unpaired) electrons. The van der Waals surface area contributed by atoms with Crippen molar-refractivity contribution >= 4 is 21.7 Å². The first-order chi connectivity index (χ1) is 7.43. The third kappa shape index (κ3) is 4.18. The predicted molar refractivity (Wildman–Crippen MR) is 56.5 cm³/mol.